The summed E-state index contributed by atoms with van der Waals surface area (Å²) in [7, 11) is 0. The Labute approximate surface area is 133 Å². The van der Waals surface area contributed by atoms with E-state index >= 15 is 0 Å². The molecule has 2 aromatic rings. The van der Waals surface area contributed by atoms with Gasteiger partial charge in [-0.1, -0.05) is 23.7 Å². The summed E-state index contributed by atoms with van der Waals surface area (Å²) >= 11 is 5.87. The number of carbonyl (C=O) groups excluding carboxylic acids is 2. The number of anilines is 1. The molecule has 0 radical (unpaired) electrons. The van der Waals surface area contributed by atoms with Crippen molar-refractivity contribution < 1.29 is 9.59 Å². The van der Waals surface area contributed by atoms with Crippen LogP contribution in [0.15, 0.2) is 55.3 Å². The Morgan fingerprint density at radius 3 is 2.77 bits per heavy atom. The zero-order valence-electron chi connectivity index (χ0n) is 11.7. The molecule has 0 aliphatic carbocycles. The maximum atomic E-state index is 12.2. The number of rotatable bonds is 5. The molecular weight excluding hydrogens is 302 g/mol. The molecular formula is C16H14ClN3O2. The summed E-state index contributed by atoms with van der Waals surface area (Å²) in [6, 6.07) is 9.77. The molecule has 2 rings (SSSR count). The van der Waals surface area contributed by atoms with Gasteiger partial charge >= 0.3 is 0 Å². The molecule has 1 heterocycles. The molecule has 0 bridgehead atoms. The third kappa shape index (κ3) is 4.17. The molecule has 0 aliphatic heterocycles. The van der Waals surface area contributed by atoms with Crippen LogP contribution in [0.25, 0.3) is 0 Å². The zero-order chi connectivity index (χ0) is 15.9. The van der Waals surface area contributed by atoms with Crippen LogP contribution in [-0.4, -0.2) is 23.3 Å². The highest BCUT2D eigenvalue weighted by Crippen LogP contribution is 2.16. The third-order valence-electron chi connectivity index (χ3n) is 2.74. The minimum absolute atomic E-state index is 0.167. The van der Waals surface area contributed by atoms with E-state index in [1.54, 1.807) is 30.3 Å². The molecule has 1 aromatic carbocycles. The Morgan fingerprint density at radius 2 is 2.05 bits per heavy atom. The van der Waals surface area contributed by atoms with Gasteiger partial charge in [0.25, 0.3) is 11.8 Å². The van der Waals surface area contributed by atoms with Crippen LogP contribution in [0.4, 0.5) is 5.69 Å². The van der Waals surface area contributed by atoms with Crippen molar-refractivity contribution in [3.05, 3.63) is 71.5 Å². The van der Waals surface area contributed by atoms with Crippen molar-refractivity contribution in [2.45, 2.75) is 0 Å². The quantitative estimate of drug-likeness (QED) is 0.833. The summed E-state index contributed by atoms with van der Waals surface area (Å²) in [5, 5.41) is 5.84. The number of hydrogen-bond acceptors (Lipinski definition) is 3. The van der Waals surface area contributed by atoms with Gasteiger partial charge in [0, 0.05) is 29.0 Å². The fourth-order valence-corrected chi connectivity index (χ4v) is 1.91. The monoisotopic (exact) mass is 315 g/mol. The van der Waals surface area contributed by atoms with E-state index < -0.39 is 0 Å². The Kier molecular flexibility index (Phi) is 5.27. The topological polar surface area (TPSA) is 71.1 Å². The molecule has 0 saturated carbocycles. The van der Waals surface area contributed by atoms with Crippen LogP contribution in [0.2, 0.25) is 5.02 Å². The second kappa shape index (κ2) is 7.38. The summed E-state index contributed by atoms with van der Waals surface area (Å²) in [5.41, 5.74) is 1.08. The molecule has 0 spiro atoms. The van der Waals surface area contributed by atoms with Crippen molar-refractivity contribution in [1.29, 1.82) is 0 Å². The molecule has 0 unspecified atom stereocenters. The van der Waals surface area contributed by atoms with Gasteiger partial charge < -0.3 is 10.6 Å². The van der Waals surface area contributed by atoms with E-state index in [1.807, 2.05) is 0 Å². The van der Waals surface area contributed by atoms with Crippen LogP contribution in [0.5, 0.6) is 0 Å². The van der Waals surface area contributed by atoms with Gasteiger partial charge in [0.15, 0.2) is 0 Å². The van der Waals surface area contributed by atoms with Gasteiger partial charge in [-0.3, -0.25) is 14.6 Å². The standard InChI is InChI=1S/C16H14ClN3O2/c1-2-7-19-16(22)14-9-11(6-8-18-14)15(21)20-13-5-3-4-12(17)10-13/h2-6,8-10H,1,7H2,(H,19,22)(H,20,21). The molecule has 2 N–H and O–H groups in total. The number of nitrogens with one attached hydrogen (secondary N) is 2. The number of carbonyl (C=O) groups is 2. The molecule has 2 amide bonds. The van der Waals surface area contributed by atoms with E-state index in [-0.39, 0.29) is 17.5 Å². The van der Waals surface area contributed by atoms with Gasteiger partial charge in [0.05, 0.1) is 0 Å². The normalized spacial score (nSPS) is 9.86. The van der Waals surface area contributed by atoms with E-state index in [4.69, 9.17) is 11.6 Å². The van der Waals surface area contributed by atoms with E-state index in [2.05, 4.69) is 22.2 Å². The predicted octanol–water partition coefficient (Wildman–Crippen LogP) is 2.90. The van der Waals surface area contributed by atoms with Gasteiger partial charge in [-0.05, 0) is 30.3 Å². The SMILES string of the molecule is C=CCNC(=O)c1cc(C(=O)Nc2cccc(Cl)c2)ccn1. The van der Waals surface area contributed by atoms with Crippen LogP contribution in [0, 0.1) is 0 Å². The van der Waals surface area contributed by atoms with Crippen LogP contribution >= 0.6 is 11.6 Å². The number of benzene rings is 1. The highest BCUT2D eigenvalue weighted by Gasteiger charge is 2.11. The largest absolute Gasteiger partial charge is 0.347 e. The molecule has 6 heteroatoms. The van der Waals surface area contributed by atoms with Gasteiger partial charge in [0.1, 0.15) is 5.69 Å². The average molecular weight is 316 g/mol. The maximum Gasteiger partial charge on any atom is 0.270 e. The van der Waals surface area contributed by atoms with Crippen molar-refractivity contribution in [2.75, 3.05) is 11.9 Å². The molecule has 0 aliphatic rings. The lowest BCUT2D eigenvalue weighted by atomic mass is 10.2. The van der Waals surface area contributed by atoms with Gasteiger partial charge in [0.2, 0.25) is 0 Å². The molecule has 0 saturated heterocycles. The highest BCUT2D eigenvalue weighted by molar-refractivity contribution is 6.31. The summed E-state index contributed by atoms with van der Waals surface area (Å²) in [4.78, 5) is 27.9. The highest BCUT2D eigenvalue weighted by atomic mass is 35.5. The van der Waals surface area contributed by atoms with Crippen molar-refractivity contribution in [2.24, 2.45) is 0 Å². The maximum absolute atomic E-state index is 12.2. The van der Waals surface area contributed by atoms with Gasteiger partial charge in [-0.25, -0.2) is 0 Å². The molecule has 0 atom stereocenters. The van der Waals surface area contributed by atoms with Gasteiger partial charge in [-0.15, -0.1) is 6.58 Å². The fourth-order valence-electron chi connectivity index (χ4n) is 1.72. The lowest BCUT2D eigenvalue weighted by Gasteiger charge is -2.07. The number of nitrogens with zero attached hydrogens (tertiary/aromatic N) is 1. The zero-order valence-corrected chi connectivity index (χ0v) is 12.4. The summed E-state index contributed by atoms with van der Waals surface area (Å²) in [6.07, 6.45) is 2.98. The Hall–Kier alpha value is -2.66. The van der Waals surface area contributed by atoms with Crippen molar-refractivity contribution in [3.8, 4) is 0 Å². The molecule has 112 valence electrons. The Bertz CT molecular complexity index is 716. The van der Waals surface area contributed by atoms with Crippen LogP contribution in [0.1, 0.15) is 20.8 Å². The lowest BCUT2D eigenvalue weighted by Crippen LogP contribution is -2.24. The van der Waals surface area contributed by atoms with Crippen molar-refractivity contribution in [1.82, 2.24) is 10.3 Å². The van der Waals surface area contributed by atoms with E-state index in [0.717, 1.165) is 0 Å². The van der Waals surface area contributed by atoms with E-state index in [9.17, 15) is 9.59 Å². The first kappa shape index (κ1) is 15.7. The number of amides is 2. The van der Waals surface area contributed by atoms with Crippen LogP contribution < -0.4 is 10.6 Å². The average Bonchev–Trinajstić information content (AvgIpc) is 2.52. The Morgan fingerprint density at radius 1 is 1.23 bits per heavy atom. The van der Waals surface area contributed by atoms with E-state index in [0.29, 0.717) is 22.8 Å². The molecule has 5 nitrogen and oxygen atoms in total. The van der Waals surface area contributed by atoms with Crippen molar-refractivity contribution in [3.63, 3.8) is 0 Å². The molecule has 0 fully saturated rings. The number of aromatic nitrogens is 1. The van der Waals surface area contributed by atoms with E-state index in [1.165, 1.54) is 18.3 Å². The van der Waals surface area contributed by atoms with Crippen molar-refractivity contribution >= 4 is 29.1 Å². The lowest BCUT2D eigenvalue weighted by molar-refractivity contribution is 0.0953. The predicted molar refractivity (Wildman–Crippen MR) is 86.2 cm³/mol. The summed E-state index contributed by atoms with van der Waals surface area (Å²) in [5.74, 6) is -0.709. The second-order valence-corrected chi connectivity index (χ2v) is 4.83. The smallest absolute Gasteiger partial charge is 0.270 e. The van der Waals surface area contributed by atoms with Crippen LogP contribution in [-0.2, 0) is 0 Å². The number of hydrogen-bond donors (Lipinski definition) is 2. The van der Waals surface area contributed by atoms with Gasteiger partial charge in [-0.2, -0.15) is 0 Å². The number of pyridine rings is 1. The molecule has 1 aromatic heterocycles. The number of halogens is 1. The first-order valence-electron chi connectivity index (χ1n) is 6.52. The van der Waals surface area contributed by atoms with Crippen LogP contribution in [0.3, 0.4) is 0 Å². The minimum atomic E-state index is -0.364. The third-order valence-corrected chi connectivity index (χ3v) is 2.98. The fraction of sp³-hybridized carbons (Fsp3) is 0.0625. The molecule has 22 heavy (non-hydrogen) atoms. The minimum Gasteiger partial charge on any atom is -0.347 e. The summed E-state index contributed by atoms with van der Waals surface area (Å²) < 4.78 is 0. The first-order valence-corrected chi connectivity index (χ1v) is 6.90. The Balaban J connectivity index is 2.13. The summed E-state index contributed by atoms with van der Waals surface area (Å²) in [6.45, 7) is 3.85. The first-order chi connectivity index (χ1) is 10.6. The second-order valence-electron chi connectivity index (χ2n) is 4.39.